The van der Waals surface area contributed by atoms with Crippen molar-refractivity contribution in [1.29, 1.82) is 0 Å². The maximum absolute atomic E-state index is 13.0. The summed E-state index contributed by atoms with van der Waals surface area (Å²) in [6.07, 6.45) is 3.05. The Hall–Kier alpha value is -1.72. The number of aromatic nitrogens is 2. The van der Waals surface area contributed by atoms with Crippen LogP contribution < -0.4 is 10.1 Å². The van der Waals surface area contributed by atoms with Crippen molar-refractivity contribution in [2.24, 2.45) is 0 Å². The van der Waals surface area contributed by atoms with Crippen LogP contribution in [0, 0.1) is 5.82 Å². The van der Waals surface area contributed by atoms with E-state index in [1.54, 1.807) is 6.20 Å². The summed E-state index contributed by atoms with van der Waals surface area (Å²) in [7, 11) is 1.81. The van der Waals surface area contributed by atoms with Crippen molar-refractivity contribution in [3.8, 4) is 11.6 Å². The molecule has 0 aliphatic rings. The Morgan fingerprint density at radius 1 is 1.44 bits per heavy atom. The second-order valence-electron chi connectivity index (χ2n) is 3.56. The number of ether oxygens (including phenoxy) is 1. The van der Waals surface area contributed by atoms with Gasteiger partial charge in [-0.25, -0.2) is 14.4 Å². The lowest BCUT2D eigenvalue weighted by atomic mass is 10.3. The van der Waals surface area contributed by atoms with Gasteiger partial charge in [0.1, 0.15) is 17.9 Å². The molecule has 4 nitrogen and oxygen atoms in total. The highest BCUT2D eigenvalue weighted by atomic mass is 35.5. The molecular formula is C12H11ClFN3O. The second kappa shape index (κ2) is 5.75. The van der Waals surface area contributed by atoms with Crippen molar-refractivity contribution >= 4 is 11.6 Å². The molecule has 1 heterocycles. The molecule has 0 saturated carbocycles. The SMILES string of the molecule is CNCc1cncnc1Oc1ccc(F)c(Cl)c1. The van der Waals surface area contributed by atoms with Gasteiger partial charge in [0.2, 0.25) is 5.88 Å². The quantitative estimate of drug-likeness (QED) is 0.925. The Kier molecular flexibility index (Phi) is 4.07. The molecule has 0 amide bonds. The molecule has 0 spiro atoms. The first-order chi connectivity index (χ1) is 8.70. The van der Waals surface area contributed by atoms with E-state index < -0.39 is 5.82 Å². The summed E-state index contributed by atoms with van der Waals surface area (Å²) in [6, 6.07) is 4.14. The molecule has 6 heteroatoms. The Balaban J connectivity index is 2.25. The normalized spacial score (nSPS) is 10.4. The van der Waals surface area contributed by atoms with Crippen LogP contribution in [0.4, 0.5) is 4.39 Å². The first-order valence-corrected chi connectivity index (χ1v) is 5.65. The van der Waals surface area contributed by atoms with E-state index in [9.17, 15) is 4.39 Å². The van der Waals surface area contributed by atoms with Crippen molar-refractivity contribution in [3.05, 3.63) is 47.1 Å². The smallest absolute Gasteiger partial charge is 0.226 e. The zero-order chi connectivity index (χ0) is 13.0. The van der Waals surface area contributed by atoms with E-state index in [0.29, 0.717) is 18.2 Å². The third-order valence-electron chi connectivity index (χ3n) is 2.22. The zero-order valence-electron chi connectivity index (χ0n) is 9.65. The summed E-state index contributed by atoms with van der Waals surface area (Å²) in [6.45, 7) is 0.575. The van der Waals surface area contributed by atoms with Crippen LogP contribution in [0.1, 0.15) is 5.56 Å². The number of benzene rings is 1. The number of hydrogen-bond acceptors (Lipinski definition) is 4. The number of halogens is 2. The van der Waals surface area contributed by atoms with Crippen LogP contribution >= 0.6 is 11.6 Å². The Bertz CT molecular complexity index is 551. The largest absolute Gasteiger partial charge is 0.439 e. The van der Waals surface area contributed by atoms with Gasteiger partial charge in [0.05, 0.1) is 5.02 Å². The topological polar surface area (TPSA) is 47.0 Å². The molecule has 1 N–H and O–H groups in total. The van der Waals surface area contributed by atoms with Crippen molar-refractivity contribution in [2.45, 2.75) is 6.54 Å². The van der Waals surface area contributed by atoms with Gasteiger partial charge in [-0.05, 0) is 19.2 Å². The van der Waals surface area contributed by atoms with Gasteiger partial charge in [-0.2, -0.15) is 0 Å². The molecule has 94 valence electrons. The van der Waals surface area contributed by atoms with Gasteiger partial charge in [0, 0.05) is 24.4 Å². The third kappa shape index (κ3) is 2.94. The van der Waals surface area contributed by atoms with E-state index in [0.717, 1.165) is 5.56 Å². The molecule has 2 rings (SSSR count). The molecule has 2 aromatic rings. The van der Waals surface area contributed by atoms with E-state index in [4.69, 9.17) is 16.3 Å². The molecule has 0 fully saturated rings. The third-order valence-corrected chi connectivity index (χ3v) is 2.51. The Morgan fingerprint density at radius 3 is 3.00 bits per heavy atom. The maximum atomic E-state index is 13.0. The van der Waals surface area contributed by atoms with Crippen molar-refractivity contribution in [3.63, 3.8) is 0 Å². The van der Waals surface area contributed by atoms with Gasteiger partial charge in [-0.15, -0.1) is 0 Å². The predicted molar refractivity (Wildman–Crippen MR) is 66.3 cm³/mol. The van der Waals surface area contributed by atoms with Crippen molar-refractivity contribution in [1.82, 2.24) is 15.3 Å². The van der Waals surface area contributed by atoms with Crippen LogP contribution in [-0.4, -0.2) is 17.0 Å². The first-order valence-electron chi connectivity index (χ1n) is 5.27. The molecule has 1 aromatic heterocycles. The Morgan fingerprint density at radius 2 is 2.28 bits per heavy atom. The molecule has 18 heavy (non-hydrogen) atoms. The van der Waals surface area contributed by atoms with Crippen LogP contribution in [0.3, 0.4) is 0 Å². The van der Waals surface area contributed by atoms with Crippen LogP contribution in [-0.2, 0) is 6.54 Å². The molecular weight excluding hydrogens is 257 g/mol. The number of hydrogen-bond donors (Lipinski definition) is 1. The fourth-order valence-corrected chi connectivity index (χ4v) is 1.57. The molecule has 0 aliphatic carbocycles. The Labute approximate surface area is 109 Å². The monoisotopic (exact) mass is 267 g/mol. The van der Waals surface area contributed by atoms with Crippen LogP contribution in [0.2, 0.25) is 5.02 Å². The van der Waals surface area contributed by atoms with E-state index in [2.05, 4.69) is 15.3 Å². The summed E-state index contributed by atoms with van der Waals surface area (Å²) in [5.41, 5.74) is 0.806. The van der Waals surface area contributed by atoms with Crippen molar-refractivity contribution in [2.75, 3.05) is 7.05 Å². The molecule has 0 bridgehead atoms. The van der Waals surface area contributed by atoms with Gasteiger partial charge < -0.3 is 10.1 Å². The number of nitrogens with one attached hydrogen (secondary N) is 1. The average molecular weight is 268 g/mol. The fourth-order valence-electron chi connectivity index (χ4n) is 1.40. The van der Waals surface area contributed by atoms with Gasteiger partial charge in [-0.3, -0.25) is 0 Å². The van der Waals surface area contributed by atoms with Gasteiger partial charge >= 0.3 is 0 Å². The highest BCUT2D eigenvalue weighted by molar-refractivity contribution is 6.30. The minimum Gasteiger partial charge on any atom is -0.439 e. The highest BCUT2D eigenvalue weighted by Gasteiger charge is 2.07. The van der Waals surface area contributed by atoms with Gasteiger partial charge in [0.15, 0.2) is 0 Å². The van der Waals surface area contributed by atoms with Crippen LogP contribution in [0.5, 0.6) is 11.6 Å². The number of rotatable bonds is 4. The lowest BCUT2D eigenvalue weighted by molar-refractivity contribution is 0.451. The van der Waals surface area contributed by atoms with Crippen LogP contribution in [0.15, 0.2) is 30.7 Å². The van der Waals surface area contributed by atoms with Gasteiger partial charge in [0.25, 0.3) is 0 Å². The summed E-state index contributed by atoms with van der Waals surface area (Å²) in [4.78, 5) is 7.95. The molecule has 0 radical (unpaired) electrons. The second-order valence-corrected chi connectivity index (χ2v) is 3.97. The lowest BCUT2D eigenvalue weighted by Crippen LogP contribution is -2.07. The summed E-state index contributed by atoms with van der Waals surface area (Å²) >= 11 is 5.68. The fraction of sp³-hybridized carbons (Fsp3) is 0.167. The molecule has 0 saturated heterocycles. The summed E-state index contributed by atoms with van der Waals surface area (Å²) < 4.78 is 18.6. The minimum absolute atomic E-state index is 0.0109. The maximum Gasteiger partial charge on any atom is 0.226 e. The van der Waals surface area contributed by atoms with Crippen LogP contribution in [0.25, 0.3) is 0 Å². The molecule has 0 aliphatic heterocycles. The average Bonchev–Trinajstić information content (AvgIpc) is 2.37. The van der Waals surface area contributed by atoms with Crippen molar-refractivity contribution < 1.29 is 9.13 Å². The predicted octanol–water partition coefficient (Wildman–Crippen LogP) is 2.78. The molecule has 1 aromatic carbocycles. The molecule has 0 unspecified atom stereocenters. The lowest BCUT2D eigenvalue weighted by Gasteiger charge is -2.09. The zero-order valence-corrected chi connectivity index (χ0v) is 10.4. The minimum atomic E-state index is -0.484. The highest BCUT2D eigenvalue weighted by Crippen LogP contribution is 2.26. The first kappa shape index (κ1) is 12.7. The summed E-state index contributed by atoms with van der Waals surface area (Å²) in [5.74, 6) is 0.363. The summed E-state index contributed by atoms with van der Waals surface area (Å²) in [5, 5.41) is 3.00. The van der Waals surface area contributed by atoms with E-state index in [1.807, 2.05) is 7.05 Å². The van der Waals surface area contributed by atoms with E-state index >= 15 is 0 Å². The van der Waals surface area contributed by atoms with E-state index in [-0.39, 0.29) is 5.02 Å². The van der Waals surface area contributed by atoms with Gasteiger partial charge in [-0.1, -0.05) is 11.6 Å². The molecule has 0 atom stereocenters. The standard InChI is InChI=1S/C12H11ClFN3O/c1-15-5-8-6-16-7-17-12(8)18-9-2-3-11(14)10(13)4-9/h2-4,6-7,15H,5H2,1H3. The van der Waals surface area contributed by atoms with E-state index in [1.165, 1.54) is 24.5 Å². The number of nitrogens with zero attached hydrogens (tertiary/aromatic N) is 2.